The summed E-state index contributed by atoms with van der Waals surface area (Å²) >= 11 is 1.59. The Balaban J connectivity index is 0.00000218. The highest BCUT2D eigenvalue weighted by Gasteiger charge is 2.19. The molecule has 0 aliphatic carbocycles. The van der Waals surface area contributed by atoms with Crippen LogP contribution in [0.1, 0.15) is 31.0 Å². The van der Waals surface area contributed by atoms with Gasteiger partial charge in [0.1, 0.15) is 5.39 Å². The Morgan fingerprint density at radius 2 is 2.10 bits per heavy atom. The molecular weight excluding hydrogens is 420 g/mol. The fraction of sp³-hybridized carbons (Fsp3) is 0.286. The molecule has 0 saturated heterocycles. The van der Waals surface area contributed by atoms with Crippen LogP contribution in [0.15, 0.2) is 46.0 Å². The van der Waals surface area contributed by atoms with Gasteiger partial charge in [-0.2, -0.15) is 16.3 Å². The second-order valence-corrected chi connectivity index (χ2v) is 8.28. The summed E-state index contributed by atoms with van der Waals surface area (Å²) in [5.41, 5.74) is 5.10. The highest BCUT2D eigenvalue weighted by Crippen LogP contribution is 2.24. The van der Waals surface area contributed by atoms with Crippen molar-refractivity contribution in [2.75, 3.05) is 11.9 Å². The summed E-state index contributed by atoms with van der Waals surface area (Å²) in [5, 5.41) is 11.2. The molecule has 4 aromatic rings. The molecule has 0 radical (unpaired) electrons. The van der Waals surface area contributed by atoms with Crippen LogP contribution in [-0.2, 0) is 13.0 Å². The quantitative estimate of drug-likeness (QED) is 0.499. The number of halogens is 1. The van der Waals surface area contributed by atoms with Crippen LogP contribution in [0, 0.1) is 0 Å². The van der Waals surface area contributed by atoms with Crippen LogP contribution >= 0.6 is 23.7 Å². The second-order valence-electron chi connectivity index (χ2n) is 7.50. The predicted molar refractivity (Wildman–Crippen MR) is 124 cm³/mol. The zero-order valence-corrected chi connectivity index (χ0v) is 18.4. The first-order chi connectivity index (χ1) is 14.1. The Bertz CT molecular complexity index is 1240. The molecule has 0 bridgehead atoms. The van der Waals surface area contributed by atoms with Crippen molar-refractivity contribution in [1.29, 1.82) is 0 Å². The smallest absolute Gasteiger partial charge is 0.278 e. The van der Waals surface area contributed by atoms with E-state index in [4.69, 9.17) is 4.98 Å². The molecule has 0 fully saturated rings. The van der Waals surface area contributed by atoms with Crippen molar-refractivity contribution in [3.05, 3.63) is 62.7 Å². The monoisotopic (exact) mass is 442 g/mol. The van der Waals surface area contributed by atoms with E-state index in [0.717, 1.165) is 30.9 Å². The number of rotatable bonds is 4. The van der Waals surface area contributed by atoms with Crippen molar-refractivity contribution < 1.29 is 0 Å². The van der Waals surface area contributed by atoms with E-state index in [-0.39, 0.29) is 24.0 Å². The fourth-order valence-corrected chi connectivity index (χ4v) is 4.45. The van der Waals surface area contributed by atoms with E-state index in [9.17, 15) is 4.79 Å². The first kappa shape index (κ1) is 20.6. The van der Waals surface area contributed by atoms with Gasteiger partial charge in [-0.25, -0.2) is 14.3 Å². The first-order valence-corrected chi connectivity index (χ1v) is 10.7. The maximum Gasteiger partial charge on any atom is 0.278 e. The fourth-order valence-electron chi connectivity index (χ4n) is 3.84. The van der Waals surface area contributed by atoms with Crippen LogP contribution in [0.25, 0.3) is 16.7 Å². The molecule has 0 amide bonds. The molecule has 1 aliphatic heterocycles. The van der Waals surface area contributed by atoms with E-state index < -0.39 is 0 Å². The van der Waals surface area contributed by atoms with Gasteiger partial charge < -0.3 is 10.6 Å². The van der Waals surface area contributed by atoms with Crippen LogP contribution < -0.4 is 16.2 Å². The highest BCUT2D eigenvalue weighted by atomic mass is 35.5. The molecule has 9 heteroatoms. The van der Waals surface area contributed by atoms with Gasteiger partial charge in [0.25, 0.3) is 5.56 Å². The minimum absolute atomic E-state index is 0. The van der Waals surface area contributed by atoms with E-state index >= 15 is 0 Å². The number of anilines is 2. The topological polar surface area (TPSA) is 76.8 Å². The molecule has 4 heterocycles. The lowest BCUT2D eigenvalue weighted by Crippen LogP contribution is -2.23. The van der Waals surface area contributed by atoms with Gasteiger partial charge in [-0.1, -0.05) is 6.07 Å². The van der Waals surface area contributed by atoms with Gasteiger partial charge in [0.2, 0.25) is 5.95 Å². The van der Waals surface area contributed by atoms with Gasteiger partial charge in [-0.3, -0.25) is 4.79 Å². The molecule has 2 N–H and O–H groups in total. The molecule has 5 rings (SSSR count). The first-order valence-electron chi connectivity index (χ1n) is 9.74. The Morgan fingerprint density at radius 3 is 2.87 bits per heavy atom. The summed E-state index contributed by atoms with van der Waals surface area (Å²) in [6, 6.07) is 8.34. The zero-order valence-electron chi connectivity index (χ0n) is 16.8. The van der Waals surface area contributed by atoms with E-state index in [1.165, 1.54) is 11.1 Å². The van der Waals surface area contributed by atoms with Crippen molar-refractivity contribution in [3.63, 3.8) is 0 Å². The minimum Gasteiger partial charge on any atom is -0.324 e. The molecule has 0 saturated carbocycles. The number of hydrogen-bond acceptors (Lipinski definition) is 6. The minimum atomic E-state index is -0.0750. The summed E-state index contributed by atoms with van der Waals surface area (Å²) in [5.74, 6) is 0.483. The largest absolute Gasteiger partial charge is 0.324 e. The zero-order chi connectivity index (χ0) is 20.0. The molecule has 0 unspecified atom stereocenters. The number of nitrogens with one attached hydrogen (secondary N) is 2. The van der Waals surface area contributed by atoms with Crippen LogP contribution in [-0.4, -0.2) is 25.9 Å². The van der Waals surface area contributed by atoms with Crippen LogP contribution in [0.5, 0.6) is 0 Å². The molecule has 0 spiro atoms. The summed E-state index contributed by atoms with van der Waals surface area (Å²) in [6.07, 6.45) is 2.64. The predicted octanol–water partition coefficient (Wildman–Crippen LogP) is 4.04. The average Bonchev–Trinajstić information content (AvgIpc) is 3.34. The lowest BCUT2D eigenvalue weighted by Gasteiger charge is -2.18. The van der Waals surface area contributed by atoms with E-state index in [0.29, 0.717) is 17.0 Å². The maximum atomic E-state index is 13.0. The lowest BCUT2D eigenvalue weighted by atomic mass is 10.0. The average molecular weight is 443 g/mol. The van der Waals surface area contributed by atoms with Crippen molar-refractivity contribution in [3.8, 4) is 5.69 Å². The second kappa shape index (κ2) is 8.22. The van der Waals surface area contributed by atoms with Gasteiger partial charge in [0.05, 0.1) is 5.69 Å². The van der Waals surface area contributed by atoms with E-state index in [1.807, 2.05) is 41.4 Å². The molecule has 1 aliphatic rings. The van der Waals surface area contributed by atoms with Crippen molar-refractivity contribution in [2.45, 2.75) is 32.9 Å². The number of thiophene rings is 1. The SMILES string of the molecule is CC(C)n1c(=O)c2cnc(Nc3ccc4c(c3)CCNC4)nc2n1-c1ccsc1.Cl. The normalized spacial score (nSPS) is 13.3. The summed E-state index contributed by atoms with van der Waals surface area (Å²) in [6.45, 7) is 5.90. The lowest BCUT2D eigenvalue weighted by molar-refractivity contribution is 0.476. The van der Waals surface area contributed by atoms with Gasteiger partial charge in [0, 0.05) is 29.9 Å². The van der Waals surface area contributed by atoms with Crippen molar-refractivity contribution in [1.82, 2.24) is 24.6 Å². The van der Waals surface area contributed by atoms with Crippen molar-refractivity contribution >= 4 is 46.4 Å². The third-order valence-corrected chi connectivity index (χ3v) is 5.88. The summed E-state index contributed by atoms with van der Waals surface area (Å²) < 4.78 is 3.63. The number of benzene rings is 1. The molecule has 156 valence electrons. The third-order valence-electron chi connectivity index (χ3n) is 5.21. The number of fused-ring (bicyclic) bond motifs is 2. The number of aromatic nitrogens is 4. The molecular formula is C21H23ClN6OS. The Kier molecular flexibility index (Phi) is 5.64. The van der Waals surface area contributed by atoms with Crippen LogP contribution in [0.2, 0.25) is 0 Å². The van der Waals surface area contributed by atoms with E-state index in [2.05, 4.69) is 27.8 Å². The molecule has 30 heavy (non-hydrogen) atoms. The van der Waals surface area contributed by atoms with Gasteiger partial charge in [-0.15, -0.1) is 12.4 Å². The Hall–Kier alpha value is -2.68. The summed E-state index contributed by atoms with van der Waals surface area (Å²) in [7, 11) is 0. The molecule has 0 atom stereocenters. The van der Waals surface area contributed by atoms with Crippen molar-refractivity contribution in [2.24, 2.45) is 0 Å². The third kappa shape index (κ3) is 3.51. The number of hydrogen-bond donors (Lipinski definition) is 2. The number of nitrogens with zero attached hydrogens (tertiary/aromatic N) is 4. The van der Waals surface area contributed by atoms with Crippen LogP contribution in [0.4, 0.5) is 11.6 Å². The molecule has 7 nitrogen and oxygen atoms in total. The summed E-state index contributed by atoms with van der Waals surface area (Å²) in [4.78, 5) is 22.1. The van der Waals surface area contributed by atoms with Gasteiger partial charge >= 0.3 is 0 Å². The highest BCUT2D eigenvalue weighted by molar-refractivity contribution is 7.08. The van der Waals surface area contributed by atoms with Gasteiger partial charge in [0.15, 0.2) is 5.65 Å². The molecule has 3 aromatic heterocycles. The Morgan fingerprint density at radius 1 is 1.23 bits per heavy atom. The van der Waals surface area contributed by atoms with E-state index in [1.54, 1.807) is 22.2 Å². The maximum absolute atomic E-state index is 13.0. The van der Waals surface area contributed by atoms with Crippen LogP contribution in [0.3, 0.4) is 0 Å². The molecule has 1 aromatic carbocycles. The van der Waals surface area contributed by atoms with Gasteiger partial charge in [-0.05, 0) is 61.5 Å². The standard InChI is InChI=1S/C21H22N6OS.ClH/c1-13(2)26-20(28)18-11-23-21(25-19(18)27(26)17-6-8-29-12-17)24-16-4-3-15-10-22-7-5-14(15)9-16;/h3-4,6,8-9,11-13,22H,5,7,10H2,1-2H3,(H,23,24,25);1H. The Labute approximate surface area is 184 Å².